The molecule has 1 fully saturated rings. The molecule has 2 heterocycles. The van der Waals surface area contributed by atoms with Crippen LogP contribution in [0.4, 0.5) is 5.82 Å². The van der Waals surface area contributed by atoms with Gasteiger partial charge >= 0.3 is 0 Å². The number of anilines is 1. The third kappa shape index (κ3) is 2.88. The van der Waals surface area contributed by atoms with Gasteiger partial charge in [-0.3, -0.25) is 9.59 Å². The monoisotopic (exact) mass is 314 g/mol. The summed E-state index contributed by atoms with van der Waals surface area (Å²) in [5, 5.41) is 0.451. The van der Waals surface area contributed by atoms with Crippen molar-refractivity contribution in [3.63, 3.8) is 0 Å². The maximum absolute atomic E-state index is 12.5. The summed E-state index contributed by atoms with van der Waals surface area (Å²) >= 11 is 5.91. The minimum Gasteiger partial charge on any atom is -0.274 e. The summed E-state index contributed by atoms with van der Waals surface area (Å²) in [6.45, 7) is 2.01. The standard InChI is InChI=1S/C17H15ClN2O2/c1-11-2-4-12(5-3-11)8-13-9-16(21)20(17(13)22)15-10-14(18)6-7-19-15/h2-7,10,13H,8-9H2,1H3/t13-/m0/s1. The molecule has 112 valence electrons. The molecule has 1 aromatic carbocycles. The molecular formula is C17H15ClN2O2. The average molecular weight is 315 g/mol. The van der Waals surface area contributed by atoms with Gasteiger partial charge in [-0.25, -0.2) is 9.88 Å². The average Bonchev–Trinajstić information content (AvgIpc) is 2.76. The van der Waals surface area contributed by atoms with E-state index in [0.29, 0.717) is 17.3 Å². The zero-order valence-corrected chi connectivity index (χ0v) is 12.9. The van der Waals surface area contributed by atoms with Crippen molar-refractivity contribution in [3.05, 3.63) is 58.7 Å². The summed E-state index contributed by atoms with van der Waals surface area (Å²) < 4.78 is 0. The van der Waals surface area contributed by atoms with Gasteiger partial charge in [0.2, 0.25) is 11.8 Å². The maximum Gasteiger partial charge on any atom is 0.238 e. The number of pyridine rings is 1. The zero-order valence-electron chi connectivity index (χ0n) is 12.1. The second kappa shape index (κ2) is 5.89. The van der Waals surface area contributed by atoms with Crippen molar-refractivity contribution in [1.82, 2.24) is 4.98 Å². The highest BCUT2D eigenvalue weighted by molar-refractivity contribution is 6.31. The number of imide groups is 1. The molecule has 22 heavy (non-hydrogen) atoms. The maximum atomic E-state index is 12.5. The van der Waals surface area contributed by atoms with E-state index in [2.05, 4.69) is 4.98 Å². The molecule has 0 unspecified atom stereocenters. The lowest BCUT2D eigenvalue weighted by atomic mass is 9.97. The second-order valence-electron chi connectivity index (χ2n) is 5.49. The molecule has 2 aromatic rings. The highest BCUT2D eigenvalue weighted by Gasteiger charge is 2.40. The first kappa shape index (κ1) is 14.7. The highest BCUT2D eigenvalue weighted by atomic mass is 35.5. The van der Waals surface area contributed by atoms with E-state index in [1.165, 1.54) is 17.8 Å². The molecule has 1 aliphatic rings. The SMILES string of the molecule is Cc1ccc(C[C@H]2CC(=O)N(c3cc(Cl)ccn3)C2=O)cc1. The number of halogens is 1. The molecule has 1 atom stereocenters. The van der Waals surface area contributed by atoms with E-state index in [1.807, 2.05) is 31.2 Å². The molecule has 0 bridgehead atoms. The number of benzene rings is 1. The van der Waals surface area contributed by atoms with Crippen LogP contribution in [0.25, 0.3) is 0 Å². The summed E-state index contributed by atoms with van der Waals surface area (Å²) in [6.07, 6.45) is 2.26. The first-order chi connectivity index (χ1) is 10.5. The molecule has 3 rings (SSSR count). The summed E-state index contributed by atoms with van der Waals surface area (Å²) in [7, 11) is 0. The summed E-state index contributed by atoms with van der Waals surface area (Å²) in [5.41, 5.74) is 2.22. The largest absolute Gasteiger partial charge is 0.274 e. The molecule has 0 aliphatic carbocycles. The Hall–Kier alpha value is -2.20. The molecule has 1 aliphatic heterocycles. The normalized spacial score (nSPS) is 18.1. The van der Waals surface area contributed by atoms with Crippen LogP contribution < -0.4 is 4.90 Å². The fourth-order valence-corrected chi connectivity index (χ4v) is 2.77. The van der Waals surface area contributed by atoms with Gasteiger partial charge in [-0.15, -0.1) is 0 Å². The molecule has 5 heteroatoms. The lowest BCUT2D eigenvalue weighted by Gasteiger charge is -2.14. The van der Waals surface area contributed by atoms with Gasteiger partial charge in [0.05, 0.1) is 5.92 Å². The van der Waals surface area contributed by atoms with Crippen molar-refractivity contribution in [2.45, 2.75) is 19.8 Å². The first-order valence-corrected chi connectivity index (χ1v) is 7.46. The summed E-state index contributed by atoms with van der Waals surface area (Å²) in [5.74, 6) is -0.470. The quantitative estimate of drug-likeness (QED) is 0.818. The van der Waals surface area contributed by atoms with E-state index in [-0.39, 0.29) is 24.2 Å². The number of nitrogens with zero attached hydrogens (tertiary/aromatic N) is 2. The van der Waals surface area contributed by atoms with Crippen LogP contribution in [0.2, 0.25) is 5.02 Å². The topological polar surface area (TPSA) is 50.3 Å². The van der Waals surface area contributed by atoms with Crippen LogP contribution in [0.1, 0.15) is 17.5 Å². The van der Waals surface area contributed by atoms with Gasteiger partial charge in [-0.1, -0.05) is 41.4 Å². The summed E-state index contributed by atoms with van der Waals surface area (Å²) in [6, 6.07) is 11.1. The van der Waals surface area contributed by atoms with Gasteiger partial charge in [0.1, 0.15) is 5.82 Å². The number of rotatable bonds is 3. The lowest BCUT2D eigenvalue weighted by Crippen LogP contribution is -2.31. The van der Waals surface area contributed by atoms with Gasteiger partial charge < -0.3 is 0 Å². The molecule has 2 amide bonds. The van der Waals surface area contributed by atoms with E-state index in [1.54, 1.807) is 6.07 Å². The fraction of sp³-hybridized carbons (Fsp3) is 0.235. The third-order valence-corrected chi connectivity index (χ3v) is 4.01. The molecule has 4 nitrogen and oxygen atoms in total. The third-order valence-electron chi connectivity index (χ3n) is 3.78. The van der Waals surface area contributed by atoms with E-state index in [4.69, 9.17) is 11.6 Å². The number of carbonyl (C=O) groups is 2. The van der Waals surface area contributed by atoms with Crippen LogP contribution in [0, 0.1) is 12.8 Å². The Bertz CT molecular complexity index is 728. The molecule has 0 radical (unpaired) electrons. The number of hydrogen-bond donors (Lipinski definition) is 0. The van der Waals surface area contributed by atoms with Crippen LogP contribution in [0.5, 0.6) is 0 Å². The number of amides is 2. The smallest absolute Gasteiger partial charge is 0.238 e. The molecule has 1 aromatic heterocycles. The van der Waals surface area contributed by atoms with E-state index in [9.17, 15) is 9.59 Å². The van der Waals surface area contributed by atoms with E-state index in [0.717, 1.165) is 10.5 Å². The lowest BCUT2D eigenvalue weighted by molar-refractivity contribution is -0.122. The Balaban J connectivity index is 1.81. The second-order valence-corrected chi connectivity index (χ2v) is 5.93. The van der Waals surface area contributed by atoms with Crippen molar-refractivity contribution in [2.24, 2.45) is 5.92 Å². The minimum absolute atomic E-state index is 0.208. The highest BCUT2D eigenvalue weighted by Crippen LogP contribution is 2.28. The Labute approximate surface area is 133 Å². The van der Waals surface area contributed by atoms with Crippen molar-refractivity contribution in [3.8, 4) is 0 Å². The van der Waals surface area contributed by atoms with Gasteiger partial charge in [0, 0.05) is 23.7 Å². The minimum atomic E-state index is -0.337. The fourth-order valence-electron chi connectivity index (χ4n) is 2.62. The van der Waals surface area contributed by atoms with Crippen molar-refractivity contribution in [2.75, 3.05) is 4.90 Å². The molecule has 0 spiro atoms. The Morgan fingerprint density at radius 2 is 1.95 bits per heavy atom. The first-order valence-electron chi connectivity index (χ1n) is 7.08. The van der Waals surface area contributed by atoms with Crippen molar-refractivity contribution in [1.29, 1.82) is 0 Å². The van der Waals surface area contributed by atoms with Crippen molar-refractivity contribution < 1.29 is 9.59 Å². The van der Waals surface area contributed by atoms with Gasteiger partial charge in [-0.2, -0.15) is 0 Å². The Kier molecular flexibility index (Phi) is 3.94. The molecule has 1 saturated heterocycles. The van der Waals surface area contributed by atoms with Gasteiger partial charge in [0.15, 0.2) is 0 Å². The van der Waals surface area contributed by atoms with E-state index >= 15 is 0 Å². The molecular weight excluding hydrogens is 300 g/mol. The Morgan fingerprint density at radius 1 is 1.23 bits per heavy atom. The van der Waals surface area contributed by atoms with Crippen LogP contribution in [-0.4, -0.2) is 16.8 Å². The number of carbonyl (C=O) groups excluding carboxylic acids is 2. The summed E-state index contributed by atoms with van der Waals surface area (Å²) in [4.78, 5) is 29.9. The predicted octanol–water partition coefficient (Wildman–Crippen LogP) is 3.17. The Morgan fingerprint density at radius 3 is 2.64 bits per heavy atom. The molecule has 0 saturated carbocycles. The van der Waals surface area contributed by atoms with Crippen LogP contribution >= 0.6 is 11.6 Å². The number of hydrogen-bond acceptors (Lipinski definition) is 3. The van der Waals surface area contributed by atoms with Gasteiger partial charge in [-0.05, 0) is 25.0 Å². The van der Waals surface area contributed by atoms with Crippen LogP contribution in [0.3, 0.4) is 0 Å². The number of aromatic nitrogens is 1. The van der Waals surface area contributed by atoms with Crippen LogP contribution in [-0.2, 0) is 16.0 Å². The van der Waals surface area contributed by atoms with Crippen LogP contribution in [0.15, 0.2) is 42.6 Å². The zero-order chi connectivity index (χ0) is 15.7. The number of aryl methyl sites for hydroxylation is 1. The predicted molar refractivity (Wildman–Crippen MR) is 84.7 cm³/mol. The van der Waals surface area contributed by atoms with Gasteiger partial charge in [0.25, 0.3) is 0 Å². The van der Waals surface area contributed by atoms with Crippen molar-refractivity contribution >= 4 is 29.2 Å². The molecule has 0 N–H and O–H groups in total. The van der Waals surface area contributed by atoms with E-state index < -0.39 is 0 Å².